The molecule has 0 atom stereocenters. The zero-order chi connectivity index (χ0) is 20.8. The van der Waals surface area contributed by atoms with Gasteiger partial charge in [-0.3, -0.25) is 0 Å². The Kier molecular flexibility index (Phi) is 7.34. The second-order valence-electron chi connectivity index (χ2n) is 6.46. The van der Waals surface area contributed by atoms with Crippen molar-refractivity contribution in [3.8, 4) is 23.8 Å². The van der Waals surface area contributed by atoms with Gasteiger partial charge in [-0.15, -0.1) is 12.3 Å². The normalized spacial score (nSPS) is 13.9. The Labute approximate surface area is 184 Å². The lowest BCUT2D eigenvalue weighted by molar-refractivity contribution is 0.174. The van der Waals surface area contributed by atoms with E-state index in [1.165, 1.54) is 0 Å². The molecule has 1 aromatic heterocycles. The topological polar surface area (TPSA) is 48.3 Å². The molecule has 0 saturated carbocycles. The van der Waals surface area contributed by atoms with Gasteiger partial charge in [-0.1, -0.05) is 24.4 Å². The number of fused-ring (bicyclic) bond motifs is 1. The SMILES string of the molecule is C#CCCCCn1c(Sc2cc3c(cc2Br)OCO3)nc(=C(/C)NC)/c1=C\C=C. The Hall–Kier alpha value is -2.30. The zero-order valence-corrected chi connectivity index (χ0v) is 19.0. The van der Waals surface area contributed by atoms with Gasteiger partial charge in [-0.25, -0.2) is 4.98 Å². The van der Waals surface area contributed by atoms with E-state index < -0.39 is 0 Å². The summed E-state index contributed by atoms with van der Waals surface area (Å²) < 4.78 is 14.2. The van der Waals surface area contributed by atoms with Crippen LogP contribution in [0.1, 0.15) is 26.2 Å². The second kappa shape index (κ2) is 9.95. The maximum atomic E-state index is 5.54. The highest BCUT2D eigenvalue weighted by atomic mass is 79.9. The van der Waals surface area contributed by atoms with Crippen molar-refractivity contribution in [3.05, 3.63) is 40.0 Å². The number of hydrogen-bond acceptors (Lipinski definition) is 5. The van der Waals surface area contributed by atoms with Gasteiger partial charge in [-0.05, 0) is 53.9 Å². The molecular formula is C22H24BrN3O2S. The fourth-order valence-electron chi connectivity index (χ4n) is 2.99. The number of halogens is 1. The van der Waals surface area contributed by atoms with Crippen LogP contribution in [-0.4, -0.2) is 23.4 Å². The van der Waals surface area contributed by atoms with Crippen LogP contribution in [0, 0.1) is 12.3 Å². The van der Waals surface area contributed by atoms with Crippen LogP contribution in [0.5, 0.6) is 11.5 Å². The first-order valence-corrected chi connectivity index (χ1v) is 11.0. The van der Waals surface area contributed by atoms with E-state index in [0.717, 1.165) is 68.2 Å². The van der Waals surface area contributed by atoms with Crippen molar-refractivity contribution in [2.24, 2.45) is 0 Å². The number of allylic oxidation sites excluding steroid dienone is 1. The van der Waals surface area contributed by atoms with Crippen molar-refractivity contribution < 1.29 is 9.47 Å². The number of aromatic nitrogens is 2. The first-order valence-electron chi connectivity index (χ1n) is 9.37. The van der Waals surface area contributed by atoms with E-state index in [4.69, 9.17) is 20.9 Å². The predicted octanol–water partition coefficient (Wildman–Crippen LogP) is 3.64. The highest BCUT2D eigenvalue weighted by Gasteiger charge is 2.19. The molecule has 152 valence electrons. The third-order valence-corrected chi connectivity index (χ3v) is 6.53. The maximum Gasteiger partial charge on any atom is 0.231 e. The van der Waals surface area contributed by atoms with Gasteiger partial charge in [-0.2, -0.15) is 0 Å². The molecule has 0 radical (unpaired) electrons. The molecule has 7 heteroatoms. The number of terminal acetylenes is 1. The number of nitrogens with one attached hydrogen (secondary N) is 1. The zero-order valence-electron chi connectivity index (χ0n) is 16.6. The first kappa shape index (κ1) is 21.4. The summed E-state index contributed by atoms with van der Waals surface area (Å²) >= 11 is 5.24. The highest BCUT2D eigenvalue weighted by molar-refractivity contribution is 9.10. The van der Waals surface area contributed by atoms with Crippen LogP contribution in [0.25, 0.3) is 11.8 Å². The Morgan fingerprint density at radius 2 is 2.17 bits per heavy atom. The van der Waals surface area contributed by atoms with Crippen molar-refractivity contribution in [1.82, 2.24) is 14.9 Å². The molecule has 0 unspecified atom stereocenters. The Balaban J connectivity index is 2.06. The Morgan fingerprint density at radius 3 is 2.86 bits per heavy atom. The smallest absolute Gasteiger partial charge is 0.231 e. The van der Waals surface area contributed by atoms with Gasteiger partial charge in [0.15, 0.2) is 16.7 Å². The molecule has 0 spiro atoms. The molecule has 0 aliphatic carbocycles. The quantitative estimate of drug-likeness (QED) is 0.468. The fraction of sp³-hybridized carbons (Fsp3) is 0.318. The molecule has 3 rings (SSSR count). The third-order valence-electron chi connectivity index (χ3n) is 4.56. The van der Waals surface area contributed by atoms with E-state index in [1.807, 2.05) is 32.2 Å². The number of imidazole rings is 1. The summed E-state index contributed by atoms with van der Waals surface area (Å²) in [5.41, 5.74) is 1.01. The van der Waals surface area contributed by atoms with Crippen LogP contribution >= 0.6 is 27.7 Å². The molecule has 1 aliphatic rings. The monoisotopic (exact) mass is 473 g/mol. The molecule has 2 heterocycles. The minimum atomic E-state index is 0.249. The summed E-state index contributed by atoms with van der Waals surface area (Å²) in [6, 6.07) is 3.92. The summed E-state index contributed by atoms with van der Waals surface area (Å²) in [6.45, 7) is 6.98. The number of benzene rings is 1. The molecule has 2 aromatic rings. The van der Waals surface area contributed by atoms with E-state index in [-0.39, 0.29) is 6.79 Å². The molecule has 0 bridgehead atoms. The van der Waals surface area contributed by atoms with E-state index >= 15 is 0 Å². The van der Waals surface area contributed by atoms with E-state index in [1.54, 1.807) is 17.8 Å². The summed E-state index contributed by atoms with van der Waals surface area (Å²) in [7, 11) is 1.90. The standard InChI is InChI=1S/C22H24BrN3O2S/c1-5-7-8-9-11-26-17(10-6-2)21(15(3)24-4)25-22(26)29-20-13-19-18(12-16(20)23)27-14-28-19/h1,6,10,12-13,24H,2,7-9,11,14H2,3-4H3/b17-10+,21-15-. The predicted molar refractivity (Wildman–Crippen MR) is 121 cm³/mol. The molecule has 1 aliphatic heterocycles. The average molecular weight is 474 g/mol. The number of hydrogen-bond donors (Lipinski definition) is 1. The third kappa shape index (κ3) is 4.82. The average Bonchev–Trinajstić information content (AvgIpc) is 3.30. The van der Waals surface area contributed by atoms with Crippen LogP contribution in [0.3, 0.4) is 0 Å². The second-order valence-corrected chi connectivity index (χ2v) is 8.32. The van der Waals surface area contributed by atoms with Crippen LogP contribution in [-0.2, 0) is 6.54 Å². The molecule has 0 amide bonds. The lowest BCUT2D eigenvalue weighted by Crippen LogP contribution is -2.34. The van der Waals surface area contributed by atoms with Crippen molar-refractivity contribution >= 4 is 39.5 Å². The van der Waals surface area contributed by atoms with Crippen molar-refractivity contribution in [2.75, 3.05) is 13.8 Å². The molecule has 1 aromatic carbocycles. The Morgan fingerprint density at radius 1 is 1.41 bits per heavy atom. The number of ether oxygens (including phenoxy) is 2. The van der Waals surface area contributed by atoms with Gasteiger partial charge in [0.05, 0.1) is 5.35 Å². The number of unbranched alkanes of at least 4 members (excludes halogenated alkanes) is 2. The molecule has 5 nitrogen and oxygen atoms in total. The number of nitrogens with zero attached hydrogens (tertiary/aromatic N) is 2. The summed E-state index contributed by atoms with van der Waals surface area (Å²) in [5, 5.41) is 6.07. The van der Waals surface area contributed by atoms with Gasteiger partial charge in [0.2, 0.25) is 6.79 Å². The van der Waals surface area contributed by atoms with Gasteiger partial charge >= 0.3 is 0 Å². The lowest BCUT2D eigenvalue weighted by atomic mass is 10.2. The molecule has 1 N–H and O–H groups in total. The minimum absolute atomic E-state index is 0.249. The van der Waals surface area contributed by atoms with E-state index in [0.29, 0.717) is 0 Å². The minimum Gasteiger partial charge on any atom is -0.454 e. The van der Waals surface area contributed by atoms with Crippen molar-refractivity contribution in [2.45, 2.75) is 42.8 Å². The Bertz CT molecular complexity index is 1070. The van der Waals surface area contributed by atoms with Crippen LogP contribution in [0.2, 0.25) is 0 Å². The maximum absolute atomic E-state index is 5.54. The van der Waals surface area contributed by atoms with Crippen molar-refractivity contribution in [1.29, 1.82) is 0 Å². The van der Waals surface area contributed by atoms with Gasteiger partial charge in [0.25, 0.3) is 0 Å². The van der Waals surface area contributed by atoms with Crippen molar-refractivity contribution in [3.63, 3.8) is 0 Å². The van der Waals surface area contributed by atoms with Crippen LogP contribution in [0.4, 0.5) is 0 Å². The molecule has 0 fully saturated rings. The lowest BCUT2D eigenvalue weighted by Gasteiger charge is -2.09. The summed E-state index contributed by atoms with van der Waals surface area (Å²) in [6.07, 6.45) is 11.9. The van der Waals surface area contributed by atoms with Crippen LogP contribution < -0.4 is 25.5 Å². The first-order chi connectivity index (χ1) is 14.1. The van der Waals surface area contributed by atoms with Gasteiger partial charge in [0.1, 0.15) is 5.35 Å². The van der Waals surface area contributed by atoms with E-state index in [2.05, 4.69) is 38.3 Å². The van der Waals surface area contributed by atoms with Gasteiger partial charge in [0, 0.05) is 35.1 Å². The molecule has 29 heavy (non-hydrogen) atoms. The van der Waals surface area contributed by atoms with E-state index in [9.17, 15) is 0 Å². The highest BCUT2D eigenvalue weighted by Crippen LogP contribution is 2.42. The molecular weight excluding hydrogens is 450 g/mol. The number of rotatable bonds is 8. The molecule has 0 saturated heterocycles. The van der Waals surface area contributed by atoms with Gasteiger partial charge < -0.3 is 19.4 Å². The largest absolute Gasteiger partial charge is 0.454 e. The fourth-order valence-corrected chi connectivity index (χ4v) is 4.51. The summed E-state index contributed by atoms with van der Waals surface area (Å²) in [5.74, 6) is 4.21. The summed E-state index contributed by atoms with van der Waals surface area (Å²) in [4.78, 5) is 5.96. The van der Waals surface area contributed by atoms with Crippen LogP contribution in [0.15, 0.2) is 39.3 Å².